The molecule has 0 fully saturated rings. The second kappa shape index (κ2) is 6.76. The van der Waals surface area contributed by atoms with Gasteiger partial charge in [-0.05, 0) is 31.2 Å². The SMILES string of the molecule is Cc1ccc(S(=O)(=O)N=S(C)(=O)Cc2cc(Cl)cc(Cl)n2)cc1. The molecule has 124 valence electrons. The van der Waals surface area contributed by atoms with E-state index < -0.39 is 19.8 Å². The van der Waals surface area contributed by atoms with Crippen molar-refractivity contribution < 1.29 is 12.6 Å². The highest BCUT2D eigenvalue weighted by Crippen LogP contribution is 2.19. The van der Waals surface area contributed by atoms with Gasteiger partial charge in [-0.15, -0.1) is 3.77 Å². The Balaban J connectivity index is 2.39. The third kappa shape index (κ3) is 5.17. The average molecular weight is 393 g/mol. The van der Waals surface area contributed by atoms with E-state index in [4.69, 9.17) is 23.2 Å². The lowest BCUT2D eigenvalue weighted by molar-refractivity contribution is 0.598. The van der Waals surface area contributed by atoms with E-state index in [0.717, 1.165) is 5.56 Å². The Morgan fingerprint density at radius 2 is 1.70 bits per heavy atom. The number of aromatic nitrogens is 1. The van der Waals surface area contributed by atoms with Crippen molar-refractivity contribution in [3.05, 3.63) is 57.8 Å². The van der Waals surface area contributed by atoms with E-state index in [9.17, 15) is 12.6 Å². The minimum Gasteiger partial charge on any atom is -0.249 e. The maximum absolute atomic E-state index is 12.6. The molecular weight excluding hydrogens is 379 g/mol. The molecule has 1 aromatic heterocycles. The quantitative estimate of drug-likeness (QED) is 0.743. The minimum absolute atomic E-state index is 0.00485. The lowest BCUT2D eigenvalue weighted by Crippen LogP contribution is -2.08. The molecule has 0 saturated heterocycles. The number of nitrogens with zero attached hydrogens (tertiary/aromatic N) is 2. The van der Waals surface area contributed by atoms with E-state index in [1.807, 2.05) is 6.92 Å². The van der Waals surface area contributed by atoms with Crippen molar-refractivity contribution in [2.75, 3.05) is 6.26 Å². The van der Waals surface area contributed by atoms with Crippen LogP contribution in [0.15, 0.2) is 45.1 Å². The first-order chi connectivity index (χ1) is 10.6. The summed E-state index contributed by atoms with van der Waals surface area (Å²) in [5.74, 6) is -0.168. The first kappa shape index (κ1) is 18.2. The van der Waals surface area contributed by atoms with Gasteiger partial charge in [0, 0.05) is 11.3 Å². The lowest BCUT2D eigenvalue weighted by atomic mass is 10.2. The van der Waals surface area contributed by atoms with Crippen molar-refractivity contribution in [1.82, 2.24) is 4.98 Å². The molecular formula is C14H14Cl2N2O3S2. The van der Waals surface area contributed by atoms with Crippen LogP contribution >= 0.6 is 23.2 Å². The summed E-state index contributed by atoms with van der Waals surface area (Å²) in [4.78, 5) is 3.98. The largest absolute Gasteiger partial charge is 0.290 e. The maximum atomic E-state index is 12.6. The summed E-state index contributed by atoms with van der Waals surface area (Å²) in [5, 5.41) is 0.473. The van der Waals surface area contributed by atoms with Crippen LogP contribution in [0.2, 0.25) is 10.2 Å². The van der Waals surface area contributed by atoms with Gasteiger partial charge in [-0.1, -0.05) is 40.9 Å². The molecule has 0 amide bonds. The fraction of sp³-hybridized carbons (Fsp3) is 0.214. The van der Waals surface area contributed by atoms with E-state index in [1.54, 1.807) is 12.1 Å². The topological polar surface area (TPSA) is 76.5 Å². The second-order valence-corrected chi connectivity index (χ2v) is 10.1. The molecule has 0 aliphatic heterocycles. The Kier molecular flexibility index (Phi) is 5.35. The van der Waals surface area contributed by atoms with Crippen LogP contribution in [0.5, 0.6) is 0 Å². The summed E-state index contributed by atoms with van der Waals surface area (Å²) >= 11 is 11.6. The average Bonchev–Trinajstić information content (AvgIpc) is 2.35. The molecule has 1 heterocycles. The Labute approximate surface area is 145 Å². The molecule has 0 saturated carbocycles. The third-order valence-electron chi connectivity index (χ3n) is 2.80. The number of halogens is 2. The molecule has 9 heteroatoms. The van der Waals surface area contributed by atoms with Gasteiger partial charge >= 0.3 is 0 Å². The van der Waals surface area contributed by atoms with Crippen LogP contribution in [0, 0.1) is 6.92 Å². The molecule has 23 heavy (non-hydrogen) atoms. The van der Waals surface area contributed by atoms with Crippen LogP contribution in [0.25, 0.3) is 0 Å². The van der Waals surface area contributed by atoms with E-state index in [0.29, 0.717) is 10.7 Å². The first-order valence-electron chi connectivity index (χ1n) is 6.42. The monoisotopic (exact) mass is 392 g/mol. The van der Waals surface area contributed by atoms with Crippen LogP contribution in [-0.4, -0.2) is 23.9 Å². The Morgan fingerprint density at radius 3 is 2.26 bits per heavy atom. The summed E-state index contributed by atoms with van der Waals surface area (Å²) in [6.07, 6.45) is 1.26. The zero-order valence-electron chi connectivity index (χ0n) is 12.4. The summed E-state index contributed by atoms with van der Waals surface area (Å²) in [6, 6.07) is 9.07. The van der Waals surface area contributed by atoms with Crippen molar-refractivity contribution in [3.63, 3.8) is 0 Å². The Morgan fingerprint density at radius 1 is 1.09 bits per heavy atom. The Bertz CT molecular complexity index is 928. The molecule has 0 aliphatic rings. The van der Waals surface area contributed by atoms with Crippen LogP contribution < -0.4 is 0 Å². The van der Waals surface area contributed by atoms with Gasteiger partial charge < -0.3 is 0 Å². The molecule has 5 nitrogen and oxygen atoms in total. The molecule has 0 spiro atoms. The summed E-state index contributed by atoms with van der Waals surface area (Å²) in [5.41, 5.74) is 1.23. The number of rotatable bonds is 4. The van der Waals surface area contributed by atoms with E-state index in [1.165, 1.54) is 30.5 Å². The van der Waals surface area contributed by atoms with Gasteiger partial charge in [0.2, 0.25) is 0 Å². The predicted molar refractivity (Wildman–Crippen MR) is 92.8 cm³/mol. The van der Waals surface area contributed by atoms with Crippen molar-refractivity contribution in [2.24, 2.45) is 3.77 Å². The summed E-state index contributed by atoms with van der Waals surface area (Å²) < 4.78 is 40.7. The molecule has 2 aromatic rings. The van der Waals surface area contributed by atoms with Crippen molar-refractivity contribution in [3.8, 4) is 0 Å². The zero-order valence-corrected chi connectivity index (χ0v) is 15.5. The zero-order chi connectivity index (χ0) is 17.3. The normalized spacial score (nSPS) is 14.3. The highest BCUT2D eigenvalue weighted by atomic mass is 35.5. The van der Waals surface area contributed by atoms with Gasteiger partial charge in [-0.25, -0.2) is 9.19 Å². The van der Waals surface area contributed by atoms with Crippen LogP contribution in [0.1, 0.15) is 11.3 Å². The molecule has 1 unspecified atom stereocenters. The first-order valence-corrected chi connectivity index (χ1v) is 10.7. The molecule has 1 atom stereocenters. The number of aryl methyl sites for hydroxylation is 1. The van der Waals surface area contributed by atoms with Gasteiger partial charge in [-0.2, -0.15) is 8.42 Å². The van der Waals surface area contributed by atoms with Crippen molar-refractivity contribution in [2.45, 2.75) is 17.6 Å². The Hall–Kier alpha value is -1.15. The third-order valence-corrected chi connectivity index (χ3v) is 6.96. The molecule has 0 aliphatic carbocycles. The number of sulfonamides is 1. The lowest BCUT2D eigenvalue weighted by Gasteiger charge is -2.06. The van der Waals surface area contributed by atoms with Crippen LogP contribution in [-0.2, 0) is 25.5 Å². The van der Waals surface area contributed by atoms with E-state index in [-0.39, 0.29) is 15.8 Å². The van der Waals surface area contributed by atoms with Crippen LogP contribution in [0.4, 0.5) is 0 Å². The molecule has 0 N–H and O–H groups in total. The number of benzene rings is 1. The molecule has 0 radical (unpaired) electrons. The van der Waals surface area contributed by atoms with Crippen molar-refractivity contribution in [1.29, 1.82) is 0 Å². The van der Waals surface area contributed by atoms with Crippen LogP contribution in [0.3, 0.4) is 0 Å². The number of hydrogen-bond donors (Lipinski definition) is 0. The van der Waals surface area contributed by atoms with Gasteiger partial charge in [0.1, 0.15) is 5.15 Å². The minimum atomic E-state index is -4.02. The summed E-state index contributed by atoms with van der Waals surface area (Å²) in [6.45, 7) is 1.84. The fourth-order valence-corrected chi connectivity index (χ4v) is 5.76. The molecule has 1 aromatic carbocycles. The van der Waals surface area contributed by atoms with Gasteiger partial charge in [0.15, 0.2) is 0 Å². The number of hydrogen-bond acceptors (Lipinski definition) is 4. The smallest absolute Gasteiger partial charge is 0.249 e. The van der Waals surface area contributed by atoms with E-state index >= 15 is 0 Å². The fourth-order valence-electron chi connectivity index (χ4n) is 1.85. The number of pyridine rings is 1. The van der Waals surface area contributed by atoms with Gasteiger partial charge in [-0.3, -0.25) is 0 Å². The standard InChI is InChI=1S/C14H14Cl2N2O3S2/c1-10-3-5-13(6-4-10)23(20,21)18-22(2,19)9-12-7-11(15)8-14(16)17-12/h3-8H,9H2,1-2H3. The summed E-state index contributed by atoms with van der Waals surface area (Å²) in [7, 11) is -7.10. The predicted octanol–water partition coefficient (Wildman–Crippen LogP) is 3.68. The highest BCUT2D eigenvalue weighted by molar-refractivity contribution is 8.02. The maximum Gasteiger partial charge on any atom is 0.290 e. The molecule has 0 bridgehead atoms. The van der Waals surface area contributed by atoms with Gasteiger partial charge in [0.25, 0.3) is 10.0 Å². The highest BCUT2D eigenvalue weighted by Gasteiger charge is 2.17. The van der Waals surface area contributed by atoms with Gasteiger partial charge in [0.05, 0.1) is 26.1 Å². The molecule has 2 rings (SSSR count). The second-order valence-electron chi connectivity index (χ2n) is 5.07. The van der Waals surface area contributed by atoms with Crippen molar-refractivity contribution >= 4 is 43.0 Å². The van der Waals surface area contributed by atoms with E-state index in [2.05, 4.69) is 8.75 Å².